The first-order valence-corrected chi connectivity index (χ1v) is 9.62. The molecular formula is C23H15BrF2O3. The van der Waals surface area contributed by atoms with Gasteiger partial charge in [0.25, 0.3) is 0 Å². The standard InChI is InChI=1S/C23H15BrF2O3/c1-13-20(28-12-17-18(25)3-2-4-19(17)26)10-9-16-22(27)21(29-23(13)16)11-14-5-7-15(24)8-6-14/h2-11H,12H2,1H3/b21-11-. The van der Waals surface area contributed by atoms with Gasteiger partial charge in [-0.25, -0.2) is 8.78 Å². The number of hydrogen-bond donors (Lipinski definition) is 0. The highest BCUT2D eigenvalue weighted by molar-refractivity contribution is 9.10. The van der Waals surface area contributed by atoms with E-state index < -0.39 is 11.6 Å². The monoisotopic (exact) mass is 456 g/mol. The minimum atomic E-state index is -0.671. The van der Waals surface area contributed by atoms with Gasteiger partial charge < -0.3 is 9.47 Å². The van der Waals surface area contributed by atoms with Crippen molar-refractivity contribution >= 4 is 27.8 Å². The Balaban J connectivity index is 1.59. The van der Waals surface area contributed by atoms with Crippen molar-refractivity contribution in [1.82, 2.24) is 0 Å². The average molecular weight is 457 g/mol. The first-order valence-electron chi connectivity index (χ1n) is 8.83. The SMILES string of the molecule is Cc1c(OCc2c(F)cccc2F)ccc2c1O/C(=C\c1ccc(Br)cc1)C2=O. The van der Waals surface area contributed by atoms with Crippen molar-refractivity contribution in [1.29, 1.82) is 0 Å². The summed E-state index contributed by atoms with van der Waals surface area (Å²) in [6.45, 7) is 1.47. The van der Waals surface area contributed by atoms with Crippen LogP contribution in [0.5, 0.6) is 11.5 Å². The van der Waals surface area contributed by atoms with Crippen LogP contribution in [0.4, 0.5) is 8.78 Å². The Morgan fingerprint density at radius 1 is 1.03 bits per heavy atom. The fourth-order valence-electron chi connectivity index (χ4n) is 3.05. The Morgan fingerprint density at radius 2 is 1.72 bits per heavy atom. The molecule has 1 aliphatic rings. The summed E-state index contributed by atoms with van der Waals surface area (Å²) in [7, 11) is 0. The lowest BCUT2D eigenvalue weighted by atomic mass is 10.1. The lowest BCUT2D eigenvalue weighted by molar-refractivity contribution is 0.101. The van der Waals surface area contributed by atoms with Gasteiger partial charge in [0.05, 0.1) is 11.1 Å². The van der Waals surface area contributed by atoms with Crippen LogP contribution in [0.25, 0.3) is 6.08 Å². The molecule has 0 bridgehead atoms. The number of Topliss-reactive ketones (excluding diaryl/α,β-unsaturated/α-hetero) is 1. The third-order valence-corrected chi connectivity index (χ3v) is 5.17. The van der Waals surface area contributed by atoms with E-state index in [1.807, 2.05) is 24.3 Å². The van der Waals surface area contributed by atoms with Gasteiger partial charge in [-0.05, 0) is 55.0 Å². The molecule has 0 amide bonds. The van der Waals surface area contributed by atoms with E-state index in [0.717, 1.165) is 10.0 Å². The fraction of sp³-hybridized carbons (Fsp3) is 0.0870. The number of rotatable bonds is 4. The third kappa shape index (κ3) is 3.80. The van der Waals surface area contributed by atoms with Crippen molar-refractivity contribution in [3.05, 3.63) is 98.7 Å². The molecule has 0 spiro atoms. The highest BCUT2D eigenvalue weighted by Gasteiger charge is 2.30. The summed E-state index contributed by atoms with van der Waals surface area (Å²) in [4.78, 5) is 12.7. The van der Waals surface area contributed by atoms with E-state index in [2.05, 4.69) is 15.9 Å². The van der Waals surface area contributed by atoms with Crippen molar-refractivity contribution in [2.24, 2.45) is 0 Å². The number of carbonyl (C=O) groups excluding carboxylic acids is 1. The number of carbonyl (C=O) groups is 1. The van der Waals surface area contributed by atoms with Gasteiger partial charge in [-0.15, -0.1) is 0 Å². The molecule has 0 atom stereocenters. The Bertz CT molecular complexity index is 1120. The van der Waals surface area contributed by atoms with E-state index in [1.165, 1.54) is 18.2 Å². The molecule has 29 heavy (non-hydrogen) atoms. The molecule has 146 valence electrons. The Kier molecular flexibility index (Phi) is 5.20. The summed E-state index contributed by atoms with van der Waals surface area (Å²) in [6.07, 6.45) is 1.67. The van der Waals surface area contributed by atoms with E-state index in [9.17, 15) is 13.6 Å². The molecule has 0 aromatic heterocycles. The fourth-order valence-corrected chi connectivity index (χ4v) is 3.32. The van der Waals surface area contributed by atoms with Crippen LogP contribution in [-0.2, 0) is 6.61 Å². The van der Waals surface area contributed by atoms with Crippen molar-refractivity contribution in [3.63, 3.8) is 0 Å². The van der Waals surface area contributed by atoms with Crippen LogP contribution in [0.1, 0.15) is 27.0 Å². The van der Waals surface area contributed by atoms with E-state index >= 15 is 0 Å². The minimum absolute atomic E-state index is 0.153. The molecule has 0 unspecified atom stereocenters. The molecule has 1 heterocycles. The molecule has 0 fully saturated rings. The normalized spacial score (nSPS) is 14.1. The zero-order valence-electron chi connectivity index (χ0n) is 15.3. The predicted octanol–water partition coefficient (Wildman–Crippen LogP) is 6.23. The maximum atomic E-state index is 13.8. The molecule has 4 rings (SSSR count). The maximum Gasteiger partial charge on any atom is 0.231 e. The molecule has 1 aliphatic heterocycles. The van der Waals surface area contributed by atoms with Gasteiger partial charge in [0.15, 0.2) is 5.76 Å². The van der Waals surface area contributed by atoms with E-state index in [4.69, 9.17) is 9.47 Å². The van der Waals surface area contributed by atoms with Crippen molar-refractivity contribution < 1.29 is 23.0 Å². The van der Waals surface area contributed by atoms with Gasteiger partial charge in [0.2, 0.25) is 5.78 Å². The molecule has 3 aromatic rings. The number of ketones is 1. The molecule has 0 aliphatic carbocycles. The number of benzene rings is 3. The van der Waals surface area contributed by atoms with Crippen molar-refractivity contribution in [2.75, 3.05) is 0 Å². The van der Waals surface area contributed by atoms with Gasteiger partial charge in [-0.3, -0.25) is 4.79 Å². The number of halogens is 3. The van der Waals surface area contributed by atoms with Crippen molar-refractivity contribution in [2.45, 2.75) is 13.5 Å². The molecular weight excluding hydrogens is 442 g/mol. The maximum absolute atomic E-state index is 13.8. The molecule has 3 aromatic carbocycles. The summed E-state index contributed by atoms with van der Waals surface area (Å²) in [5.41, 5.74) is 1.69. The third-order valence-electron chi connectivity index (χ3n) is 4.64. The molecule has 0 radical (unpaired) electrons. The smallest absolute Gasteiger partial charge is 0.231 e. The number of allylic oxidation sites excluding steroid dienone is 1. The first-order chi connectivity index (χ1) is 13.9. The predicted molar refractivity (Wildman–Crippen MR) is 109 cm³/mol. The highest BCUT2D eigenvalue weighted by atomic mass is 79.9. The summed E-state index contributed by atoms with van der Waals surface area (Å²) in [6, 6.07) is 14.3. The van der Waals surface area contributed by atoms with Gasteiger partial charge >= 0.3 is 0 Å². The largest absolute Gasteiger partial charge is 0.488 e. The summed E-state index contributed by atoms with van der Waals surface area (Å²) < 4.78 is 40.0. The van der Waals surface area contributed by atoms with Gasteiger partial charge in [-0.1, -0.05) is 34.1 Å². The number of ether oxygens (including phenoxy) is 2. The second-order valence-electron chi connectivity index (χ2n) is 6.55. The van der Waals surface area contributed by atoms with Crippen LogP contribution in [0.2, 0.25) is 0 Å². The Morgan fingerprint density at radius 3 is 2.41 bits per heavy atom. The number of fused-ring (bicyclic) bond motifs is 1. The molecule has 6 heteroatoms. The van der Waals surface area contributed by atoms with Crippen molar-refractivity contribution in [3.8, 4) is 11.5 Å². The van der Waals surface area contributed by atoms with Crippen LogP contribution in [-0.4, -0.2) is 5.78 Å². The lowest BCUT2D eigenvalue weighted by Crippen LogP contribution is -2.03. The Hall–Kier alpha value is -2.99. The molecule has 0 saturated carbocycles. The highest BCUT2D eigenvalue weighted by Crippen LogP contribution is 2.39. The summed E-state index contributed by atoms with van der Waals surface area (Å²) >= 11 is 3.37. The van der Waals surface area contributed by atoms with Crippen LogP contribution < -0.4 is 9.47 Å². The van der Waals surface area contributed by atoms with Gasteiger partial charge in [0, 0.05) is 10.0 Å². The molecule has 3 nitrogen and oxygen atoms in total. The average Bonchev–Trinajstić information content (AvgIpc) is 3.01. The number of hydrogen-bond acceptors (Lipinski definition) is 3. The second-order valence-corrected chi connectivity index (χ2v) is 7.46. The summed E-state index contributed by atoms with van der Waals surface area (Å²) in [5, 5.41) is 0. The van der Waals surface area contributed by atoms with E-state index in [1.54, 1.807) is 25.1 Å². The molecule has 0 N–H and O–H groups in total. The molecule has 0 saturated heterocycles. The lowest BCUT2D eigenvalue weighted by Gasteiger charge is -2.12. The topological polar surface area (TPSA) is 35.5 Å². The quantitative estimate of drug-likeness (QED) is 0.436. The zero-order chi connectivity index (χ0) is 20.5. The zero-order valence-corrected chi connectivity index (χ0v) is 16.9. The Labute approximate surface area is 174 Å². The minimum Gasteiger partial charge on any atom is -0.488 e. The van der Waals surface area contributed by atoms with Crippen LogP contribution in [0.3, 0.4) is 0 Å². The summed E-state index contributed by atoms with van der Waals surface area (Å²) in [5.74, 6) is -0.570. The van der Waals surface area contributed by atoms with Crippen LogP contribution in [0.15, 0.2) is 64.8 Å². The van der Waals surface area contributed by atoms with Gasteiger partial charge in [-0.2, -0.15) is 0 Å². The second kappa shape index (κ2) is 7.79. The van der Waals surface area contributed by atoms with Crippen LogP contribution in [0, 0.1) is 18.6 Å². The van der Waals surface area contributed by atoms with Gasteiger partial charge in [0.1, 0.15) is 29.7 Å². The van der Waals surface area contributed by atoms with E-state index in [-0.39, 0.29) is 23.7 Å². The first kappa shape index (κ1) is 19.3. The van der Waals surface area contributed by atoms with Crippen LogP contribution >= 0.6 is 15.9 Å². The van der Waals surface area contributed by atoms with E-state index in [0.29, 0.717) is 22.6 Å².